The number of carbonyl (C=O) groups excluding carboxylic acids is 1. The Bertz CT molecular complexity index is 697. The summed E-state index contributed by atoms with van der Waals surface area (Å²) in [5, 5.41) is 4.05. The molecule has 0 unspecified atom stereocenters. The van der Waals surface area contributed by atoms with Gasteiger partial charge in [-0.3, -0.25) is 9.69 Å². The van der Waals surface area contributed by atoms with E-state index in [1.54, 1.807) is 11.3 Å². The third kappa shape index (κ3) is 3.14. The highest BCUT2D eigenvalue weighted by Gasteiger charge is 2.39. The van der Waals surface area contributed by atoms with Gasteiger partial charge in [-0.25, -0.2) is 0 Å². The average Bonchev–Trinajstić information content (AvgIpc) is 3.20. The summed E-state index contributed by atoms with van der Waals surface area (Å²) in [4.78, 5) is 17.2. The Morgan fingerprint density at radius 1 is 1.29 bits per heavy atom. The molecule has 4 rings (SSSR count). The number of aryl methyl sites for hydroxylation is 1. The Kier molecular flexibility index (Phi) is 4.43. The Morgan fingerprint density at radius 2 is 2.21 bits per heavy atom. The van der Waals surface area contributed by atoms with Gasteiger partial charge >= 0.3 is 0 Å². The van der Waals surface area contributed by atoms with E-state index in [1.165, 1.54) is 0 Å². The molecule has 0 N–H and O–H groups in total. The molecule has 24 heavy (non-hydrogen) atoms. The van der Waals surface area contributed by atoms with Crippen molar-refractivity contribution in [3.8, 4) is 0 Å². The van der Waals surface area contributed by atoms with Gasteiger partial charge in [0.1, 0.15) is 11.5 Å². The number of hydrogen-bond acceptors (Lipinski definition) is 5. The predicted molar refractivity (Wildman–Crippen MR) is 93.2 cm³/mol. The van der Waals surface area contributed by atoms with Crippen molar-refractivity contribution < 1.29 is 13.9 Å². The first-order valence-corrected chi connectivity index (χ1v) is 9.38. The van der Waals surface area contributed by atoms with Crippen LogP contribution in [0.4, 0.5) is 5.69 Å². The maximum absolute atomic E-state index is 13.0. The quantitative estimate of drug-likeness (QED) is 0.857. The van der Waals surface area contributed by atoms with Crippen LogP contribution in [0, 0.1) is 12.8 Å². The maximum atomic E-state index is 13.0. The highest BCUT2D eigenvalue weighted by molar-refractivity contribution is 7.08. The van der Waals surface area contributed by atoms with Crippen molar-refractivity contribution in [2.75, 3.05) is 31.1 Å². The second kappa shape index (κ2) is 6.70. The number of furan rings is 1. The second-order valence-corrected chi connectivity index (χ2v) is 7.30. The SMILES string of the molecule is Cc1ccc(CN2CC[C@H]3C(=O)N(c4ccsc4)CCO[C@H]3C2)o1. The van der Waals surface area contributed by atoms with Crippen molar-refractivity contribution in [1.29, 1.82) is 0 Å². The molecule has 0 bridgehead atoms. The minimum atomic E-state index is -0.0398. The van der Waals surface area contributed by atoms with Gasteiger partial charge in [-0.15, -0.1) is 0 Å². The molecule has 2 aliphatic heterocycles. The Labute approximate surface area is 145 Å². The summed E-state index contributed by atoms with van der Waals surface area (Å²) in [6.45, 7) is 5.65. The molecule has 2 aliphatic rings. The fourth-order valence-corrected chi connectivity index (χ4v) is 4.28. The first kappa shape index (κ1) is 15.9. The van der Waals surface area contributed by atoms with Crippen molar-refractivity contribution in [3.63, 3.8) is 0 Å². The van der Waals surface area contributed by atoms with E-state index >= 15 is 0 Å². The van der Waals surface area contributed by atoms with Crippen molar-refractivity contribution in [2.24, 2.45) is 5.92 Å². The summed E-state index contributed by atoms with van der Waals surface area (Å²) in [5.41, 5.74) is 1.00. The van der Waals surface area contributed by atoms with Crippen LogP contribution in [0.2, 0.25) is 0 Å². The lowest BCUT2D eigenvalue weighted by atomic mass is 9.92. The molecule has 0 spiro atoms. The zero-order chi connectivity index (χ0) is 16.5. The Morgan fingerprint density at radius 3 is 2.96 bits per heavy atom. The lowest BCUT2D eigenvalue weighted by Gasteiger charge is -2.36. The van der Waals surface area contributed by atoms with Crippen LogP contribution >= 0.6 is 11.3 Å². The summed E-state index contributed by atoms with van der Waals surface area (Å²) >= 11 is 1.62. The van der Waals surface area contributed by atoms with E-state index in [0.717, 1.165) is 43.3 Å². The Hall–Kier alpha value is -1.63. The molecule has 0 radical (unpaired) electrons. The topological polar surface area (TPSA) is 45.9 Å². The van der Waals surface area contributed by atoms with Gasteiger partial charge in [0.05, 0.1) is 30.9 Å². The number of anilines is 1. The van der Waals surface area contributed by atoms with Gasteiger partial charge in [0.25, 0.3) is 0 Å². The molecular formula is C18H22N2O3S. The normalized spacial score (nSPS) is 25.5. The van der Waals surface area contributed by atoms with E-state index in [4.69, 9.17) is 9.15 Å². The van der Waals surface area contributed by atoms with E-state index in [9.17, 15) is 4.79 Å². The van der Waals surface area contributed by atoms with Crippen molar-refractivity contribution in [1.82, 2.24) is 4.90 Å². The van der Waals surface area contributed by atoms with Crippen LogP contribution in [-0.2, 0) is 16.1 Å². The van der Waals surface area contributed by atoms with Gasteiger partial charge < -0.3 is 14.1 Å². The van der Waals surface area contributed by atoms with Gasteiger partial charge in [-0.05, 0) is 43.5 Å². The first-order valence-electron chi connectivity index (χ1n) is 8.43. The highest BCUT2D eigenvalue weighted by Crippen LogP contribution is 2.29. The molecule has 4 heterocycles. The van der Waals surface area contributed by atoms with Crippen LogP contribution in [0.15, 0.2) is 33.4 Å². The number of nitrogens with zero attached hydrogens (tertiary/aromatic N) is 2. The molecule has 2 aromatic rings. The average molecular weight is 346 g/mol. The third-order valence-electron chi connectivity index (χ3n) is 4.87. The minimum absolute atomic E-state index is 0.0223. The number of carbonyl (C=O) groups is 1. The van der Waals surface area contributed by atoms with Crippen LogP contribution < -0.4 is 4.90 Å². The number of likely N-dealkylation sites (tertiary alicyclic amines) is 1. The number of fused-ring (bicyclic) bond motifs is 1. The van der Waals surface area contributed by atoms with Crippen LogP contribution in [-0.4, -0.2) is 43.2 Å². The number of hydrogen-bond donors (Lipinski definition) is 0. The van der Waals surface area contributed by atoms with E-state index < -0.39 is 0 Å². The number of rotatable bonds is 3. The van der Waals surface area contributed by atoms with E-state index in [0.29, 0.717) is 13.2 Å². The van der Waals surface area contributed by atoms with Gasteiger partial charge in [0, 0.05) is 18.5 Å². The molecule has 0 saturated carbocycles. The van der Waals surface area contributed by atoms with E-state index in [2.05, 4.69) is 4.90 Å². The fourth-order valence-electron chi connectivity index (χ4n) is 3.64. The van der Waals surface area contributed by atoms with Crippen molar-refractivity contribution >= 4 is 22.9 Å². The fraction of sp³-hybridized carbons (Fsp3) is 0.500. The standard InChI is InChI=1S/C18H22N2O3S/c1-13-2-3-15(23-13)10-19-6-4-16-17(11-19)22-8-7-20(18(16)21)14-5-9-24-12-14/h2-3,5,9,12,16-17H,4,6-8,10-11H2,1H3/t16-,17+/m1/s1. The highest BCUT2D eigenvalue weighted by atomic mass is 32.1. The first-order chi connectivity index (χ1) is 11.7. The van der Waals surface area contributed by atoms with Crippen LogP contribution in [0.3, 0.4) is 0 Å². The molecule has 2 saturated heterocycles. The molecule has 0 aromatic carbocycles. The molecule has 2 atom stereocenters. The molecule has 1 amide bonds. The maximum Gasteiger partial charge on any atom is 0.232 e. The minimum Gasteiger partial charge on any atom is -0.465 e. The predicted octanol–water partition coefficient (Wildman–Crippen LogP) is 2.90. The molecular weight excluding hydrogens is 324 g/mol. The molecule has 2 aromatic heterocycles. The third-order valence-corrected chi connectivity index (χ3v) is 5.54. The zero-order valence-electron chi connectivity index (χ0n) is 13.8. The summed E-state index contributed by atoms with van der Waals surface area (Å²) in [6.07, 6.45) is 0.815. The summed E-state index contributed by atoms with van der Waals surface area (Å²) in [5.74, 6) is 2.09. The summed E-state index contributed by atoms with van der Waals surface area (Å²) < 4.78 is 11.7. The van der Waals surface area contributed by atoms with E-state index in [1.807, 2.05) is 40.8 Å². The summed E-state index contributed by atoms with van der Waals surface area (Å²) in [7, 11) is 0. The van der Waals surface area contributed by atoms with Crippen molar-refractivity contribution in [3.05, 3.63) is 40.5 Å². The van der Waals surface area contributed by atoms with Crippen LogP contribution in [0.1, 0.15) is 17.9 Å². The molecule has 5 nitrogen and oxygen atoms in total. The Balaban J connectivity index is 1.44. The van der Waals surface area contributed by atoms with E-state index in [-0.39, 0.29) is 17.9 Å². The summed E-state index contributed by atoms with van der Waals surface area (Å²) in [6, 6.07) is 6.03. The van der Waals surface area contributed by atoms with Crippen LogP contribution in [0.5, 0.6) is 0 Å². The number of thiophene rings is 1. The van der Waals surface area contributed by atoms with Crippen molar-refractivity contribution in [2.45, 2.75) is 26.0 Å². The second-order valence-electron chi connectivity index (χ2n) is 6.52. The zero-order valence-corrected chi connectivity index (χ0v) is 14.6. The van der Waals surface area contributed by atoms with Gasteiger partial charge in [-0.1, -0.05) is 0 Å². The smallest absolute Gasteiger partial charge is 0.232 e. The molecule has 2 fully saturated rings. The van der Waals surface area contributed by atoms with Gasteiger partial charge in [0.2, 0.25) is 5.91 Å². The van der Waals surface area contributed by atoms with Gasteiger partial charge in [-0.2, -0.15) is 11.3 Å². The number of amides is 1. The number of piperidine rings is 1. The number of ether oxygens (including phenoxy) is 1. The van der Waals surface area contributed by atoms with Gasteiger partial charge in [0.15, 0.2) is 0 Å². The lowest BCUT2D eigenvalue weighted by Crippen LogP contribution is -2.49. The molecule has 128 valence electrons. The molecule has 0 aliphatic carbocycles. The lowest BCUT2D eigenvalue weighted by molar-refractivity contribution is -0.128. The monoisotopic (exact) mass is 346 g/mol. The van der Waals surface area contributed by atoms with Crippen LogP contribution in [0.25, 0.3) is 0 Å². The molecule has 6 heteroatoms. The largest absolute Gasteiger partial charge is 0.465 e.